The number of pyridine rings is 1. The fourth-order valence-corrected chi connectivity index (χ4v) is 3.17. The number of nitrogens with zero attached hydrogens (tertiary/aromatic N) is 3. The van der Waals surface area contributed by atoms with Crippen LogP contribution in [0.4, 0.5) is 0 Å². The number of likely N-dealkylation sites (N-methyl/N-ethyl adjacent to an activating group) is 1. The zero-order valence-electron chi connectivity index (χ0n) is 14.7. The minimum absolute atomic E-state index is 0.00484. The second-order valence-corrected chi connectivity index (χ2v) is 6.61. The van der Waals surface area contributed by atoms with Crippen molar-refractivity contribution in [1.29, 1.82) is 0 Å². The molecule has 1 saturated heterocycles. The maximum atomic E-state index is 12.9. The Morgan fingerprint density at radius 1 is 1.16 bits per heavy atom. The molecule has 0 radical (unpaired) electrons. The van der Waals surface area contributed by atoms with E-state index in [1.165, 1.54) is 5.56 Å². The Labute approximate surface area is 148 Å². The lowest BCUT2D eigenvalue weighted by Crippen LogP contribution is -2.44. The lowest BCUT2D eigenvalue weighted by atomic mass is 10.1. The van der Waals surface area contributed by atoms with Crippen molar-refractivity contribution < 1.29 is 9.59 Å². The molecule has 1 aromatic carbocycles. The molecule has 0 unspecified atom stereocenters. The van der Waals surface area contributed by atoms with E-state index in [2.05, 4.69) is 4.98 Å². The van der Waals surface area contributed by atoms with Crippen LogP contribution in [0, 0.1) is 6.92 Å². The van der Waals surface area contributed by atoms with Crippen LogP contribution in [0.5, 0.6) is 0 Å². The highest BCUT2D eigenvalue weighted by atomic mass is 16.2. The summed E-state index contributed by atoms with van der Waals surface area (Å²) < 4.78 is 0. The molecule has 5 heteroatoms. The number of rotatable bonds is 5. The summed E-state index contributed by atoms with van der Waals surface area (Å²) in [6, 6.07) is 11.5. The first kappa shape index (κ1) is 17.1. The standard InChI is InChI=1S/C20H23N3O2/c1-15-3-5-16(6-4-15)14-23-18(7-8-19(23)24)20(25)22(2)13-17-9-11-21-12-10-17/h3-6,9-12,18H,7-8,13-14H2,1-2H3/t18-/m0/s1. The third kappa shape index (κ3) is 4.05. The van der Waals surface area contributed by atoms with Gasteiger partial charge in [0.1, 0.15) is 6.04 Å². The SMILES string of the molecule is Cc1ccc(CN2C(=O)CC[C@H]2C(=O)N(C)Cc2ccncc2)cc1. The largest absolute Gasteiger partial charge is 0.340 e. The van der Waals surface area contributed by atoms with Crippen molar-refractivity contribution in [2.45, 2.75) is 38.9 Å². The molecular formula is C20H23N3O2. The van der Waals surface area contributed by atoms with Crippen LogP contribution in [-0.2, 0) is 22.7 Å². The Balaban J connectivity index is 1.69. The van der Waals surface area contributed by atoms with E-state index in [4.69, 9.17) is 0 Å². The van der Waals surface area contributed by atoms with Crippen LogP contribution in [0.15, 0.2) is 48.8 Å². The number of benzene rings is 1. The monoisotopic (exact) mass is 337 g/mol. The summed E-state index contributed by atoms with van der Waals surface area (Å²) in [7, 11) is 1.79. The lowest BCUT2D eigenvalue weighted by molar-refractivity contribution is -0.141. The molecule has 2 amide bonds. The fourth-order valence-electron chi connectivity index (χ4n) is 3.17. The van der Waals surface area contributed by atoms with Crippen LogP contribution in [0.25, 0.3) is 0 Å². The van der Waals surface area contributed by atoms with Gasteiger partial charge in [0.2, 0.25) is 11.8 Å². The Hall–Kier alpha value is -2.69. The number of likely N-dealkylation sites (tertiary alicyclic amines) is 1. The summed E-state index contributed by atoms with van der Waals surface area (Å²) in [5, 5.41) is 0. The summed E-state index contributed by atoms with van der Waals surface area (Å²) >= 11 is 0. The number of hydrogen-bond acceptors (Lipinski definition) is 3. The van der Waals surface area contributed by atoms with Crippen molar-refractivity contribution in [2.75, 3.05) is 7.05 Å². The molecule has 2 aromatic rings. The number of carbonyl (C=O) groups is 2. The second-order valence-electron chi connectivity index (χ2n) is 6.61. The van der Waals surface area contributed by atoms with E-state index in [0.29, 0.717) is 25.9 Å². The van der Waals surface area contributed by atoms with Gasteiger partial charge in [-0.1, -0.05) is 29.8 Å². The van der Waals surface area contributed by atoms with Crippen LogP contribution in [0.1, 0.15) is 29.5 Å². The maximum absolute atomic E-state index is 12.9. The maximum Gasteiger partial charge on any atom is 0.245 e. The highest BCUT2D eigenvalue weighted by Crippen LogP contribution is 2.23. The van der Waals surface area contributed by atoms with Crippen molar-refractivity contribution in [3.8, 4) is 0 Å². The van der Waals surface area contributed by atoms with Gasteiger partial charge in [-0.3, -0.25) is 14.6 Å². The first-order chi connectivity index (χ1) is 12.0. The van der Waals surface area contributed by atoms with E-state index in [1.54, 1.807) is 29.2 Å². The highest BCUT2D eigenvalue weighted by Gasteiger charge is 2.37. The van der Waals surface area contributed by atoms with Gasteiger partial charge in [-0.25, -0.2) is 0 Å². The van der Waals surface area contributed by atoms with Crippen molar-refractivity contribution in [2.24, 2.45) is 0 Å². The molecule has 2 heterocycles. The molecule has 5 nitrogen and oxygen atoms in total. The molecule has 0 bridgehead atoms. The van der Waals surface area contributed by atoms with Gasteiger partial charge < -0.3 is 9.80 Å². The van der Waals surface area contributed by atoms with Gasteiger partial charge in [0.15, 0.2) is 0 Å². The van der Waals surface area contributed by atoms with E-state index in [-0.39, 0.29) is 17.9 Å². The van der Waals surface area contributed by atoms with Gasteiger partial charge in [0, 0.05) is 39.0 Å². The Morgan fingerprint density at radius 2 is 1.84 bits per heavy atom. The molecule has 25 heavy (non-hydrogen) atoms. The number of aryl methyl sites for hydroxylation is 1. The van der Waals surface area contributed by atoms with Crippen LogP contribution < -0.4 is 0 Å². The molecule has 1 aromatic heterocycles. The Kier molecular flexibility index (Phi) is 5.12. The minimum atomic E-state index is -0.374. The van der Waals surface area contributed by atoms with Gasteiger partial charge in [0.25, 0.3) is 0 Å². The van der Waals surface area contributed by atoms with Crippen molar-refractivity contribution in [3.63, 3.8) is 0 Å². The molecule has 1 aliphatic rings. The van der Waals surface area contributed by atoms with Gasteiger partial charge in [-0.2, -0.15) is 0 Å². The minimum Gasteiger partial charge on any atom is -0.340 e. The molecule has 3 rings (SSSR count). The molecule has 0 spiro atoms. The van der Waals surface area contributed by atoms with Crippen LogP contribution >= 0.6 is 0 Å². The first-order valence-corrected chi connectivity index (χ1v) is 8.53. The van der Waals surface area contributed by atoms with Crippen molar-refractivity contribution in [1.82, 2.24) is 14.8 Å². The molecule has 1 aliphatic heterocycles. The smallest absolute Gasteiger partial charge is 0.245 e. The van der Waals surface area contributed by atoms with Gasteiger partial charge in [0.05, 0.1) is 0 Å². The van der Waals surface area contributed by atoms with E-state index >= 15 is 0 Å². The molecule has 0 saturated carbocycles. The number of carbonyl (C=O) groups excluding carboxylic acids is 2. The summed E-state index contributed by atoms with van der Waals surface area (Å²) in [6.45, 7) is 3.04. The van der Waals surface area contributed by atoms with E-state index in [1.807, 2.05) is 43.3 Å². The summed E-state index contributed by atoms with van der Waals surface area (Å²) in [5.74, 6) is 0.0472. The van der Waals surface area contributed by atoms with Gasteiger partial charge >= 0.3 is 0 Å². The summed E-state index contributed by atoms with van der Waals surface area (Å²) in [5.41, 5.74) is 3.26. The lowest BCUT2D eigenvalue weighted by Gasteiger charge is -2.28. The molecule has 130 valence electrons. The molecule has 1 fully saturated rings. The quantitative estimate of drug-likeness (QED) is 0.842. The van der Waals surface area contributed by atoms with E-state index < -0.39 is 0 Å². The van der Waals surface area contributed by atoms with E-state index in [0.717, 1.165) is 11.1 Å². The molecule has 0 N–H and O–H groups in total. The number of amides is 2. The van der Waals surface area contributed by atoms with E-state index in [9.17, 15) is 9.59 Å². The second kappa shape index (κ2) is 7.47. The predicted molar refractivity (Wildman–Crippen MR) is 95.5 cm³/mol. The average Bonchev–Trinajstić information content (AvgIpc) is 2.98. The third-order valence-corrected chi connectivity index (χ3v) is 4.63. The van der Waals surface area contributed by atoms with Crippen molar-refractivity contribution >= 4 is 11.8 Å². The summed E-state index contributed by atoms with van der Waals surface area (Å²) in [4.78, 5) is 32.6. The van der Waals surface area contributed by atoms with Gasteiger partial charge in [-0.05, 0) is 36.6 Å². The van der Waals surface area contributed by atoms with Gasteiger partial charge in [-0.15, -0.1) is 0 Å². The number of aromatic nitrogens is 1. The number of hydrogen-bond donors (Lipinski definition) is 0. The topological polar surface area (TPSA) is 53.5 Å². The first-order valence-electron chi connectivity index (χ1n) is 8.53. The normalized spacial score (nSPS) is 17.0. The van der Waals surface area contributed by atoms with Crippen LogP contribution in [-0.4, -0.2) is 39.7 Å². The summed E-state index contributed by atoms with van der Waals surface area (Å²) in [6.07, 6.45) is 4.46. The Bertz CT molecular complexity index is 743. The fraction of sp³-hybridized carbons (Fsp3) is 0.350. The highest BCUT2D eigenvalue weighted by molar-refractivity contribution is 5.90. The third-order valence-electron chi connectivity index (χ3n) is 4.63. The Morgan fingerprint density at radius 3 is 2.52 bits per heavy atom. The predicted octanol–water partition coefficient (Wildman–Crippen LogP) is 2.54. The average molecular weight is 337 g/mol. The van der Waals surface area contributed by atoms with Crippen LogP contribution in [0.2, 0.25) is 0 Å². The molecular weight excluding hydrogens is 314 g/mol. The molecule has 1 atom stereocenters. The van der Waals surface area contributed by atoms with Crippen LogP contribution in [0.3, 0.4) is 0 Å². The zero-order chi connectivity index (χ0) is 17.8. The zero-order valence-corrected chi connectivity index (χ0v) is 14.7. The van der Waals surface area contributed by atoms with Crippen molar-refractivity contribution in [3.05, 3.63) is 65.5 Å². The molecule has 0 aliphatic carbocycles.